The third-order valence-corrected chi connectivity index (χ3v) is 3.72. The lowest BCUT2D eigenvalue weighted by Crippen LogP contribution is -1.76. The lowest BCUT2D eigenvalue weighted by Gasteiger charge is -2.02. The van der Waals surface area contributed by atoms with Crippen LogP contribution in [0.25, 0.3) is 0 Å². The van der Waals surface area contributed by atoms with Crippen molar-refractivity contribution in [3.63, 3.8) is 0 Å². The first-order valence-corrected chi connectivity index (χ1v) is 6.64. The molecule has 0 nitrogen and oxygen atoms in total. The normalized spacial score (nSPS) is 10.3. The number of hydrogen-bond acceptors (Lipinski definition) is 1. The molecule has 0 unspecified atom stereocenters. The summed E-state index contributed by atoms with van der Waals surface area (Å²) in [5, 5.41) is 0. The van der Waals surface area contributed by atoms with Gasteiger partial charge in [-0.15, -0.1) is 0 Å². The Morgan fingerprint density at radius 1 is 0.933 bits per heavy atom. The minimum Gasteiger partial charge on any atom is -0.0901 e. The molecule has 0 atom stereocenters. The molecule has 0 aromatic heterocycles. The largest absolute Gasteiger partial charge is 0.0901 e. The average molecular weight is 326 g/mol. The summed E-state index contributed by atoms with van der Waals surface area (Å²) in [5.41, 5.74) is 1.31. The van der Waals surface area contributed by atoms with Gasteiger partial charge < -0.3 is 0 Å². The highest BCUT2D eigenvalue weighted by Crippen LogP contribution is 2.28. The second kappa shape index (κ2) is 5.03. The minimum absolute atomic E-state index is 1.28. The van der Waals surface area contributed by atoms with Gasteiger partial charge in [0.2, 0.25) is 0 Å². The summed E-state index contributed by atoms with van der Waals surface area (Å²) in [7, 11) is 0. The quantitative estimate of drug-likeness (QED) is 0.718. The summed E-state index contributed by atoms with van der Waals surface area (Å²) in [4.78, 5) is 2.59. The molecule has 0 aliphatic heterocycles. The highest BCUT2D eigenvalue weighted by Gasteiger charge is 1.97. The first-order valence-electron chi connectivity index (χ1n) is 4.74. The fraction of sp³-hybridized carbons (Fsp3) is 0.0769. The summed E-state index contributed by atoms with van der Waals surface area (Å²) in [6.45, 7) is 2.11. The van der Waals surface area contributed by atoms with Gasteiger partial charge >= 0.3 is 0 Å². The zero-order valence-corrected chi connectivity index (χ0v) is 11.4. The SMILES string of the molecule is Cc1ccc(Sc2cccc(I)c2)cc1. The molecule has 0 aliphatic carbocycles. The Morgan fingerprint density at radius 3 is 2.33 bits per heavy atom. The molecule has 76 valence electrons. The maximum absolute atomic E-state index is 2.34. The van der Waals surface area contributed by atoms with Crippen molar-refractivity contribution in [2.75, 3.05) is 0 Å². The van der Waals surface area contributed by atoms with Crippen LogP contribution in [0.4, 0.5) is 0 Å². The van der Waals surface area contributed by atoms with Crippen LogP contribution in [0.5, 0.6) is 0 Å². The van der Waals surface area contributed by atoms with E-state index >= 15 is 0 Å². The number of aryl methyl sites for hydroxylation is 1. The van der Waals surface area contributed by atoms with Gasteiger partial charge in [0.1, 0.15) is 0 Å². The molecule has 2 heteroatoms. The summed E-state index contributed by atoms with van der Waals surface area (Å²) in [5.74, 6) is 0. The molecule has 0 aliphatic rings. The van der Waals surface area contributed by atoms with Gasteiger partial charge in [-0.05, 0) is 59.8 Å². The smallest absolute Gasteiger partial charge is 0.0141 e. The van der Waals surface area contributed by atoms with E-state index in [9.17, 15) is 0 Å². The van der Waals surface area contributed by atoms with Gasteiger partial charge in [0, 0.05) is 13.4 Å². The Labute approximate surface area is 108 Å². The van der Waals surface area contributed by atoms with E-state index in [1.54, 1.807) is 11.8 Å². The molecule has 0 heterocycles. The van der Waals surface area contributed by atoms with Crippen molar-refractivity contribution >= 4 is 34.4 Å². The zero-order valence-electron chi connectivity index (χ0n) is 8.41. The van der Waals surface area contributed by atoms with Gasteiger partial charge in [-0.1, -0.05) is 35.5 Å². The molecule has 0 amide bonds. The standard InChI is InChI=1S/C13H11IS/c1-10-5-7-12(8-6-10)15-13-4-2-3-11(14)9-13/h2-9H,1H3. The zero-order chi connectivity index (χ0) is 10.7. The predicted molar refractivity (Wildman–Crippen MR) is 74.5 cm³/mol. The fourth-order valence-electron chi connectivity index (χ4n) is 1.27. The van der Waals surface area contributed by atoms with E-state index in [1.807, 2.05) is 0 Å². The van der Waals surface area contributed by atoms with Crippen LogP contribution < -0.4 is 0 Å². The molecule has 0 N–H and O–H groups in total. The van der Waals surface area contributed by atoms with Crippen LogP contribution in [0.15, 0.2) is 58.3 Å². The summed E-state index contributed by atoms with van der Waals surface area (Å²) >= 11 is 4.15. The Balaban J connectivity index is 2.18. The Morgan fingerprint density at radius 2 is 1.67 bits per heavy atom. The van der Waals surface area contributed by atoms with Crippen LogP contribution in [0, 0.1) is 10.5 Å². The Hall–Kier alpha value is -0.480. The van der Waals surface area contributed by atoms with Crippen molar-refractivity contribution in [1.29, 1.82) is 0 Å². The van der Waals surface area contributed by atoms with E-state index in [1.165, 1.54) is 18.9 Å². The average Bonchev–Trinajstić information content (AvgIpc) is 2.22. The molecule has 0 bridgehead atoms. The van der Waals surface area contributed by atoms with E-state index in [4.69, 9.17) is 0 Å². The lowest BCUT2D eigenvalue weighted by molar-refractivity contribution is 1.36. The Kier molecular flexibility index (Phi) is 3.70. The molecule has 2 rings (SSSR count). The maximum atomic E-state index is 2.34. The number of benzene rings is 2. The molecule has 0 radical (unpaired) electrons. The molecule has 2 aromatic carbocycles. The first kappa shape index (κ1) is 11.0. The van der Waals surface area contributed by atoms with Crippen LogP contribution in [0.1, 0.15) is 5.56 Å². The van der Waals surface area contributed by atoms with E-state index in [0.717, 1.165) is 0 Å². The van der Waals surface area contributed by atoms with Gasteiger partial charge in [-0.2, -0.15) is 0 Å². The van der Waals surface area contributed by atoms with Crippen LogP contribution in [0.2, 0.25) is 0 Å². The maximum Gasteiger partial charge on any atom is 0.0141 e. The van der Waals surface area contributed by atoms with Crippen LogP contribution in [-0.2, 0) is 0 Å². The molecule has 0 saturated carbocycles. The summed E-state index contributed by atoms with van der Waals surface area (Å²) < 4.78 is 1.28. The highest BCUT2D eigenvalue weighted by atomic mass is 127. The molecular formula is C13H11IS. The molecule has 2 aromatic rings. The van der Waals surface area contributed by atoms with Crippen molar-refractivity contribution in [2.24, 2.45) is 0 Å². The van der Waals surface area contributed by atoms with Gasteiger partial charge in [-0.3, -0.25) is 0 Å². The van der Waals surface area contributed by atoms with Crippen molar-refractivity contribution in [2.45, 2.75) is 16.7 Å². The lowest BCUT2D eigenvalue weighted by atomic mass is 10.2. The molecule has 0 saturated heterocycles. The van der Waals surface area contributed by atoms with Gasteiger partial charge in [0.25, 0.3) is 0 Å². The van der Waals surface area contributed by atoms with E-state index in [-0.39, 0.29) is 0 Å². The van der Waals surface area contributed by atoms with Crippen molar-refractivity contribution in [1.82, 2.24) is 0 Å². The van der Waals surface area contributed by atoms with Gasteiger partial charge in [0.15, 0.2) is 0 Å². The minimum atomic E-state index is 1.28. The molecule has 15 heavy (non-hydrogen) atoms. The second-order valence-electron chi connectivity index (χ2n) is 3.37. The van der Waals surface area contributed by atoms with Crippen molar-refractivity contribution in [3.05, 3.63) is 57.7 Å². The van der Waals surface area contributed by atoms with Crippen LogP contribution >= 0.6 is 34.4 Å². The summed E-state index contributed by atoms with van der Waals surface area (Å²) in [6, 6.07) is 17.2. The molecule has 0 fully saturated rings. The van der Waals surface area contributed by atoms with E-state index < -0.39 is 0 Å². The Bertz CT molecular complexity index is 448. The van der Waals surface area contributed by atoms with Gasteiger partial charge in [-0.25, -0.2) is 0 Å². The predicted octanol–water partition coefficient (Wildman–Crippen LogP) is 4.75. The topological polar surface area (TPSA) is 0 Å². The second-order valence-corrected chi connectivity index (χ2v) is 5.77. The first-order chi connectivity index (χ1) is 7.24. The van der Waals surface area contributed by atoms with Crippen LogP contribution in [-0.4, -0.2) is 0 Å². The molecular weight excluding hydrogens is 315 g/mol. The fourth-order valence-corrected chi connectivity index (χ4v) is 2.90. The van der Waals surface area contributed by atoms with Crippen LogP contribution in [0.3, 0.4) is 0 Å². The number of hydrogen-bond donors (Lipinski definition) is 0. The van der Waals surface area contributed by atoms with Gasteiger partial charge in [0.05, 0.1) is 0 Å². The number of rotatable bonds is 2. The summed E-state index contributed by atoms with van der Waals surface area (Å²) in [6.07, 6.45) is 0. The van der Waals surface area contributed by atoms with Crippen molar-refractivity contribution < 1.29 is 0 Å². The van der Waals surface area contributed by atoms with Crippen molar-refractivity contribution in [3.8, 4) is 0 Å². The van der Waals surface area contributed by atoms with E-state index in [2.05, 4.69) is 78.0 Å². The molecule has 0 spiro atoms. The number of halogens is 1. The van der Waals surface area contributed by atoms with E-state index in [0.29, 0.717) is 0 Å². The highest BCUT2D eigenvalue weighted by molar-refractivity contribution is 14.1. The third-order valence-electron chi connectivity index (χ3n) is 2.05. The monoisotopic (exact) mass is 326 g/mol. The third kappa shape index (κ3) is 3.24.